The summed E-state index contributed by atoms with van der Waals surface area (Å²) in [5.41, 5.74) is 1.67. The highest BCUT2D eigenvalue weighted by atomic mass is 79.9. The van der Waals surface area contributed by atoms with Crippen LogP contribution in [0.15, 0.2) is 63.4 Å². The summed E-state index contributed by atoms with van der Waals surface area (Å²) in [6, 6.07) is 11.7. The number of rotatable bonds is 9. The lowest BCUT2D eigenvalue weighted by Crippen LogP contribution is -2.20. The van der Waals surface area contributed by atoms with Gasteiger partial charge in [-0.2, -0.15) is 0 Å². The van der Waals surface area contributed by atoms with Gasteiger partial charge in [0.05, 0.1) is 9.37 Å². The number of carbonyl (C=O) groups is 1. The molecule has 164 valence electrons. The van der Waals surface area contributed by atoms with E-state index >= 15 is 0 Å². The normalized spacial score (nSPS) is 12.2. The minimum atomic E-state index is -3.74. The third-order valence-electron chi connectivity index (χ3n) is 4.60. The van der Waals surface area contributed by atoms with E-state index < -0.39 is 10.0 Å². The molecule has 0 saturated carbocycles. The Labute approximate surface area is 194 Å². The highest BCUT2D eigenvalue weighted by Gasteiger charge is 2.16. The Balaban J connectivity index is 1.56. The Morgan fingerprint density at radius 3 is 2.58 bits per heavy atom. The number of carbonyl (C=O) groups excluding carboxylic acids is 1. The number of halogens is 1. The fraction of sp³-hybridized carbons (Fsp3) is 0.238. The summed E-state index contributed by atoms with van der Waals surface area (Å²) < 4.78 is 33.5. The van der Waals surface area contributed by atoms with Crippen molar-refractivity contribution in [3.8, 4) is 5.75 Å². The van der Waals surface area contributed by atoms with Crippen molar-refractivity contribution in [3.63, 3.8) is 0 Å². The molecular formula is C21H22BrN3O4S2. The molecule has 31 heavy (non-hydrogen) atoms. The van der Waals surface area contributed by atoms with E-state index in [0.29, 0.717) is 17.4 Å². The zero-order chi connectivity index (χ0) is 22.4. The summed E-state index contributed by atoms with van der Waals surface area (Å²) in [7, 11) is -3.74. The molecule has 1 heterocycles. The molecule has 1 atom stereocenters. The molecule has 0 spiro atoms. The zero-order valence-electron chi connectivity index (χ0n) is 17.0. The number of hydrogen-bond acceptors (Lipinski definition) is 6. The third-order valence-corrected chi connectivity index (χ3v) is 7.39. The molecule has 7 nitrogen and oxygen atoms in total. The molecule has 0 aliphatic rings. The van der Waals surface area contributed by atoms with Gasteiger partial charge in [-0.15, -0.1) is 11.3 Å². The van der Waals surface area contributed by atoms with E-state index in [1.807, 2.05) is 18.2 Å². The molecule has 0 aliphatic carbocycles. The van der Waals surface area contributed by atoms with Gasteiger partial charge in [0.1, 0.15) is 5.75 Å². The van der Waals surface area contributed by atoms with Crippen LogP contribution in [0.2, 0.25) is 0 Å². The van der Waals surface area contributed by atoms with Crippen molar-refractivity contribution in [2.24, 2.45) is 0 Å². The lowest BCUT2D eigenvalue weighted by atomic mass is 9.99. The Hall–Kier alpha value is -2.43. The summed E-state index contributed by atoms with van der Waals surface area (Å²) >= 11 is 4.67. The van der Waals surface area contributed by atoms with E-state index in [1.165, 1.54) is 47.4 Å². The van der Waals surface area contributed by atoms with Crippen molar-refractivity contribution < 1.29 is 17.9 Å². The Kier molecular flexibility index (Phi) is 7.69. The van der Waals surface area contributed by atoms with Crippen molar-refractivity contribution in [2.75, 3.05) is 16.6 Å². The van der Waals surface area contributed by atoms with Crippen molar-refractivity contribution in [3.05, 3.63) is 64.1 Å². The van der Waals surface area contributed by atoms with E-state index in [4.69, 9.17) is 4.74 Å². The first-order valence-electron chi connectivity index (χ1n) is 9.53. The summed E-state index contributed by atoms with van der Waals surface area (Å²) in [6.45, 7) is 4.11. The number of aromatic nitrogens is 1. The van der Waals surface area contributed by atoms with Gasteiger partial charge in [0.15, 0.2) is 11.7 Å². The van der Waals surface area contributed by atoms with Crippen LogP contribution in [0, 0.1) is 0 Å². The Morgan fingerprint density at radius 2 is 1.97 bits per heavy atom. The van der Waals surface area contributed by atoms with Gasteiger partial charge < -0.3 is 10.1 Å². The molecule has 0 bridgehead atoms. The number of thiazole rings is 1. The average molecular weight is 524 g/mol. The quantitative estimate of drug-likeness (QED) is 0.399. The van der Waals surface area contributed by atoms with Crippen LogP contribution in [-0.2, 0) is 14.8 Å². The summed E-state index contributed by atoms with van der Waals surface area (Å²) in [4.78, 5) is 16.2. The molecule has 2 aromatic carbocycles. The van der Waals surface area contributed by atoms with E-state index in [1.54, 1.807) is 5.38 Å². The van der Waals surface area contributed by atoms with E-state index in [0.717, 1.165) is 10.9 Å². The van der Waals surface area contributed by atoms with Crippen LogP contribution in [0.5, 0.6) is 5.75 Å². The number of benzene rings is 2. The molecule has 10 heteroatoms. The molecule has 2 N–H and O–H groups in total. The van der Waals surface area contributed by atoms with Gasteiger partial charge in [0, 0.05) is 17.3 Å². The minimum absolute atomic E-state index is 0.0716. The van der Waals surface area contributed by atoms with Crippen LogP contribution in [-0.4, -0.2) is 25.9 Å². The van der Waals surface area contributed by atoms with Gasteiger partial charge >= 0.3 is 0 Å². The maximum atomic E-state index is 12.4. The minimum Gasteiger partial charge on any atom is -0.483 e. The second kappa shape index (κ2) is 10.3. The van der Waals surface area contributed by atoms with Gasteiger partial charge in [-0.3, -0.25) is 9.52 Å². The van der Waals surface area contributed by atoms with Gasteiger partial charge in [-0.05, 0) is 70.2 Å². The largest absolute Gasteiger partial charge is 0.483 e. The molecule has 1 unspecified atom stereocenters. The van der Waals surface area contributed by atoms with Gasteiger partial charge in [-0.1, -0.05) is 19.9 Å². The number of anilines is 2. The third kappa shape index (κ3) is 6.28. The Bertz CT molecular complexity index is 1130. The predicted octanol–water partition coefficient (Wildman–Crippen LogP) is 5.24. The maximum absolute atomic E-state index is 12.4. The van der Waals surface area contributed by atoms with Crippen LogP contribution < -0.4 is 14.8 Å². The first-order valence-corrected chi connectivity index (χ1v) is 12.7. The zero-order valence-corrected chi connectivity index (χ0v) is 20.2. The fourth-order valence-corrected chi connectivity index (χ4v) is 4.98. The molecule has 1 aromatic heterocycles. The van der Waals surface area contributed by atoms with Gasteiger partial charge in [0.25, 0.3) is 15.9 Å². The lowest BCUT2D eigenvalue weighted by molar-refractivity contribution is -0.118. The number of ether oxygens (including phenoxy) is 1. The van der Waals surface area contributed by atoms with Crippen molar-refractivity contribution in [1.82, 2.24) is 4.98 Å². The summed E-state index contributed by atoms with van der Waals surface area (Å²) in [6.07, 6.45) is 2.55. The van der Waals surface area contributed by atoms with E-state index in [9.17, 15) is 13.2 Å². The first-order chi connectivity index (χ1) is 14.8. The van der Waals surface area contributed by atoms with Crippen LogP contribution in [0.4, 0.5) is 10.8 Å². The average Bonchev–Trinajstić information content (AvgIpc) is 3.25. The second-order valence-electron chi connectivity index (χ2n) is 6.80. The van der Waals surface area contributed by atoms with Gasteiger partial charge in [0.2, 0.25) is 0 Å². The first kappa shape index (κ1) is 23.2. The second-order valence-corrected chi connectivity index (χ2v) is 10.2. The summed E-state index contributed by atoms with van der Waals surface area (Å²) in [5, 5.41) is 4.66. The van der Waals surface area contributed by atoms with E-state index in [2.05, 4.69) is 44.8 Å². The topological polar surface area (TPSA) is 97.4 Å². The van der Waals surface area contributed by atoms with Crippen LogP contribution in [0.1, 0.15) is 31.7 Å². The fourth-order valence-electron chi connectivity index (χ4n) is 2.68. The SMILES string of the molecule is CCC(C)c1ccc(OCC(=O)Nc2ccc(S(=O)(=O)Nc3nccs3)cc2)c(Br)c1. The molecule has 0 aliphatic heterocycles. The lowest BCUT2D eigenvalue weighted by Gasteiger charge is -2.13. The van der Waals surface area contributed by atoms with Crippen LogP contribution in [0.25, 0.3) is 0 Å². The highest BCUT2D eigenvalue weighted by Crippen LogP contribution is 2.30. The van der Waals surface area contributed by atoms with Crippen molar-refractivity contribution in [1.29, 1.82) is 0 Å². The molecular weight excluding hydrogens is 502 g/mol. The monoisotopic (exact) mass is 523 g/mol. The number of nitrogens with zero attached hydrogens (tertiary/aromatic N) is 1. The number of hydrogen-bond donors (Lipinski definition) is 2. The maximum Gasteiger partial charge on any atom is 0.263 e. The standard InChI is InChI=1S/C21H22BrN3O4S2/c1-3-14(2)15-4-9-19(18(22)12-15)29-13-20(26)24-16-5-7-17(8-6-16)31(27,28)25-21-23-10-11-30-21/h4-12,14H,3,13H2,1-2H3,(H,23,25)(H,24,26). The molecule has 0 saturated heterocycles. The predicted molar refractivity (Wildman–Crippen MR) is 126 cm³/mol. The summed E-state index contributed by atoms with van der Waals surface area (Å²) in [5.74, 6) is 0.670. The smallest absolute Gasteiger partial charge is 0.263 e. The number of amides is 1. The van der Waals surface area contributed by atoms with Crippen molar-refractivity contribution in [2.45, 2.75) is 31.1 Å². The number of nitrogens with one attached hydrogen (secondary N) is 2. The van der Waals surface area contributed by atoms with Crippen LogP contribution >= 0.6 is 27.3 Å². The molecule has 3 aromatic rings. The van der Waals surface area contributed by atoms with Gasteiger partial charge in [-0.25, -0.2) is 13.4 Å². The molecule has 0 fully saturated rings. The molecule has 0 radical (unpaired) electrons. The number of sulfonamides is 1. The highest BCUT2D eigenvalue weighted by molar-refractivity contribution is 9.10. The molecule has 3 rings (SSSR count). The van der Waals surface area contributed by atoms with Crippen molar-refractivity contribution >= 4 is 54.0 Å². The van der Waals surface area contributed by atoms with E-state index in [-0.39, 0.29) is 22.5 Å². The van der Waals surface area contributed by atoms with Crippen LogP contribution in [0.3, 0.4) is 0 Å². The Morgan fingerprint density at radius 1 is 1.23 bits per heavy atom. The molecule has 1 amide bonds.